The van der Waals surface area contributed by atoms with Gasteiger partial charge in [0.15, 0.2) is 6.10 Å². The summed E-state index contributed by atoms with van der Waals surface area (Å²) in [5, 5.41) is 11.3. The van der Waals surface area contributed by atoms with Gasteiger partial charge in [-0.1, -0.05) is 0 Å². The maximum atomic E-state index is 11.4. The molecule has 4 atom stereocenters. The van der Waals surface area contributed by atoms with E-state index in [-0.39, 0.29) is 0 Å². The fraction of sp³-hybridized carbons (Fsp3) is 0.444. The molecule has 1 fully saturated rings. The largest absolute Gasteiger partial charge is 0.461 e. The zero-order valence-electron chi connectivity index (χ0n) is 15.1. The molecule has 3 rings (SSSR count). The summed E-state index contributed by atoms with van der Waals surface area (Å²) in [6.07, 6.45) is -5.50. The van der Waals surface area contributed by atoms with Crippen molar-refractivity contribution in [1.29, 1.82) is 0 Å². The first kappa shape index (κ1) is 19.2. The molecule has 0 spiro atoms. The Labute approximate surface area is 154 Å². The molecule has 1 aromatic heterocycles. The maximum absolute atomic E-state index is 11.4. The van der Waals surface area contributed by atoms with Crippen LogP contribution < -0.4 is 16.1 Å². The van der Waals surface area contributed by atoms with E-state index in [9.17, 15) is 14.7 Å². The Hall–Kier alpha value is -2.62. The first-order valence-electron chi connectivity index (χ1n) is 8.26. The lowest BCUT2D eigenvalue weighted by Crippen LogP contribution is -2.65. The van der Waals surface area contributed by atoms with Crippen molar-refractivity contribution >= 4 is 17.1 Å². The van der Waals surface area contributed by atoms with Gasteiger partial charge in [-0.2, -0.15) is 0 Å². The molecule has 0 saturated carbocycles. The van der Waals surface area contributed by atoms with Crippen molar-refractivity contribution in [2.75, 3.05) is 7.11 Å². The number of aliphatic hydroxyl groups excluding tert-OH is 1. The van der Waals surface area contributed by atoms with Crippen molar-refractivity contribution in [1.82, 2.24) is 0 Å². The Balaban J connectivity index is 1.92. The van der Waals surface area contributed by atoms with Crippen LogP contribution in [0.4, 0.5) is 4.79 Å². The lowest BCUT2D eigenvalue weighted by molar-refractivity contribution is -0.304. The number of aliphatic hydroxyl groups is 1. The first-order chi connectivity index (χ1) is 12.7. The minimum Gasteiger partial charge on any atom is -0.461 e. The van der Waals surface area contributed by atoms with Gasteiger partial charge in [-0.3, -0.25) is 0 Å². The summed E-state index contributed by atoms with van der Waals surface area (Å²) in [5.74, 6) is 0.291. The van der Waals surface area contributed by atoms with E-state index in [0.29, 0.717) is 16.7 Å². The number of methoxy groups -OCH3 is 1. The van der Waals surface area contributed by atoms with Gasteiger partial charge in [-0.15, -0.1) is 0 Å². The zero-order chi connectivity index (χ0) is 19.8. The molecule has 1 amide bonds. The van der Waals surface area contributed by atoms with E-state index in [0.717, 1.165) is 0 Å². The highest BCUT2D eigenvalue weighted by atomic mass is 16.7. The molecule has 0 radical (unpaired) electrons. The van der Waals surface area contributed by atoms with Crippen molar-refractivity contribution in [3.05, 3.63) is 40.8 Å². The minimum atomic E-state index is -1.24. The monoisotopic (exact) mass is 379 g/mol. The van der Waals surface area contributed by atoms with Crippen LogP contribution in [-0.2, 0) is 14.2 Å². The smallest absolute Gasteiger partial charge is 0.405 e. The summed E-state index contributed by atoms with van der Waals surface area (Å²) in [4.78, 5) is 22.7. The number of primary amides is 1. The molecule has 1 aromatic carbocycles. The molecule has 9 nitrogen and oxygen atoms in total. The molecule has 27 heavy (non-hydrogen) atoms. The van der Waals surface area contributed by atoms with Crippen molar-refractivity contribution in [3.63, 3.8) is 0 Å². The fourth-order valence-electron chi connectivity index (χ4n) is 3.20. The molecule has 1 unspecified atom stereocenters. The lowest BCUT2D eigenvalue weighted by Gasteiger charge is -2.47. The second-order valence-electron chi connectivity index (χ2n) is 6.71. The number of hydrogen-bond acceptors (Lipinski definition) is 8. The van der Waals surface area contributed by atoms with Gasteiger partial charge < -0.3 is 34.2 Å². The third-order valence-electron chi connectivity index (χ3n) is 4.37. The Morgan fingerprint density at radius 2 is 1.96 bits per heavy atom. The van der Waals surface area contributed by atoms with Crippen LogP contribution in [-0.4, -0.2) is 48.5 Å². The van der Waals surface area contributed by atoms with Crippen molar-refractivity contribution in [3.8, 4) is 5.75 Å². The van der Waals surface area contributed by atoms with Crippen molar-refractivity contribution in [2.24, 2.45) is 5.73 Å². The molecular formula is C18H21NO8. The normalized spacial score (nSPS) is 27.3. The molecule has 1 saturated heterocycles. The number of nitrogens with two attached hydrogens (primary N) is 1. The highest BCUT2D eigenvalue weighted by Gasteiger charge is 2.52. The summed E-state index contributed by atoms with van der Waals surface area (Å²) in [7, 11) is 1.41. The first-order valence-corrected chi connectivity index (χ1v) is 8.26. The molecule has 0 bridgehead atoms. The van der Waals surface area contributed by atoms with Gasteiger partial charge >= 0.3 is 11.7 Å². The van der Waals surface area contributed by atoms with E-state index in [4.69, 9.17) is 29.1 Å². The number of carbonyl (C=O) groups excluding carboxylic acids is 1. The van der Waals surface area contributed by atoms with Gasteiger partial charge in [0.2, 0.25) is 6.29 Å². The molecule has 1 aliphatic heterocycles. The van der Waals surface area contributed by atoms with Crippen LogP contribution in [0.2, 0.25) is 0 Å². The Kier molecular flexibility index (Phi) is 5.09. The van der Waals surface area contributed by atoms with E-state index in [1.165, 1.54) is 19.2 Å². The van der Waals surface area contributed by atoms with Crippen molar-refractivity contribution < 1.29 is 33.3 Å². The summed E-state index contributed by atoms with van der Waals surface area (Å²) in [6, 6.07) is 7.77. The third-order valence-corrected chi connectivity index (χ3v) is 4.37. The van der Waals surface area contributed by atoms with Gasteiger partial charge in [0.25, 0.3) is 0 Å². The highest BCUT2D eigenvalue weighted by Crippen LogP contribution is 2.34. The van der Waals surface area contributed by atoms with E-state index in [1.807, 2.05) is 0 Å². The molecule has 1 aliphatic rings. The Morgan fingerprint density at radius 1 is 1.26 bits per heavy atom. The predicted octanol–water partition coefficient (Wildman–Crippen LogP) is 1.15. The number of hydrogen-bond donors (Lipinski definition) is 2. The van der Waals surface area contributed by atoms with E-state index < -0.39 is 41.9 Å². The number of amides is 1. The maximum Gasteiger partial charge on any atom is 0.405 e. The van der Waals surface area contributed by atoms with E-state index in [1.54, 1.807) is 32.0 Å². The van der Waals surface area contributed by atoms with Crippen LogP contribution in [0.1, 0.15) is 13.8 Å². The topological polar surface area (TPSA) is 130 Å². The Morgan fingerprint density at radius 3 is 2.63 bits per heavy atom. The molecule has 2 heterocycles. The molecule has 3 N–H and O–H groups in total. The minimum absolute atomic E-state index is 0.291. The number of benzene rings is 1. The molecule has 0 aliphatic carbocycles. The summed E-state index contributed by atoms with van der Waals surface area (Å²) >= 11 is 0. The predicted molar refractivity (Wildman–Crippen MR) is 93.3 cm³/mol. The lowest BCUT2D eigenvalue weighted by atomic mass is 9.89. The SMILES string of the molecule is CO[C@@H]1[C@@H](O)C(OC(N)=O)[C@H](Oc2ccc3ccc(=O)oc3c2)OC1(C)C. The van der Waals surface area contributed by atoms with Gasteiger partial charge in [-0.05, 0) is 32.0 Å². The van der Waals surface area contributed by atoms with E-state index in [2.05, 4.69) is 0 Å². The number of ether oxygens (including phenoxy) is 4. The van der Waals surface area contributed by atoms with Gasteiger partial charge in [0, 0.05) is 24.6 Å². The van der Waals surface area contributed by atoms with Crippen LogP contribution in [0.3, 0.4) is 0 Å². The van der Waals surface area contributed by atoms with Gasteiger partial charge in [-0.25, -0.2) is 9.59 Å². The molecule has 2 aromatic rings. The number of carbonyl (C=O) groups is 1. The van der Waals surface area contributed by atoms with Crippen LogP contribution in [0.15, 0.2) is 39.5 Å². The van der Waals surface area contributed by atoms with Gasteiger partial charge in [0.05, 0.1) is 5.60 Å². The van der Waals surface area contributed by atoms with Crippen LogP contribution in [0.25, 0.3) is 11.0 Å². The summed E-state index contributed by atoms with van der Waals surface area (Å²) in [6.45, 7) is 3.42. The average molecular weight is 379 g/mol. The zero-order valence-corrected chi connectivity index (χ0v) is 15.1. The number of rotatable bonds is 4. The van der Waals surface area contributed by atoms with Crippen LogP contribution in [0, 0.1) is 0 Å². The van der Waals surface area contributed by atoms with Gasteiger partial charge in [0.1, 0.15) is 23.5 Å². The fourth-order valence-corrected chi connectivity index (χ4v) is 3.20. The second kappa shape index (κ2) is 7.18. The summed E-state index contributed by atoms with van der Waals surface area (Å²) < 4.78 is 27.1. The second-order valence-corrected chi connectivity index (χ2v) is 6.71. The van der Waals surface area contributed by atoms with Crippen molar-refractivity contribution in [2.45, 2.75) is 44.1 Å². The summed E-state index contributed by atoms with van der Waals surface area (Å²) in [5.41, 5.74) is 3.99. The average Bonchev–Trinajstić information content (AvgIpc) is 2.57. The van der Waals surface area contributed by atoms with E-state index >= 15 is 0 Å². The van der Waals surface area contributed by atoms with Crippen LogP contribution in [0.5, 0.6) is 5.75 Å². The standard InChI is InChI=1S/C18H21NO8/c1-18(2)15(23-3)13(21)14(26-17(19)22)16(27-18)24-10-6-4-9-5-7-12(20)25-11(9)8-10/h4-8,13-16,21H,1-3H3,(H2,19,22)/t13-,14?,15+,16+/m0/s1. The number of fused-ring (bicyclic) bond motifs is 1. The highest BCUT2D eigenvalue weighted by molar-refractivity contribution is 5.77. The molecular weight excluding hydrogens is 358 g/mol. The third kappa shape index (κ3) is 3.90. The van der Waals surface area contributed by atoms with Crippen LogP contribution >= 0.6 is 0 Å². The Bertz CT molecular complexity index is 892. The quantitative estimate of drug-likeness (QED) is 0.757. The molecule has 9 heteroatoms. The molecule has 146 valence electrons.